The van der Waals surface area contributed by atoms with Gasteiger partial charge in [0.05, 0.1) is 13.2 Å². The molecule has 0 spiro atoms. The largest absolute Gasteiger partial charge is 0.379 e. The van der Waals surface area contributed by atoms with E-state index in [9.17, 15) is 0 Å². The van der Waals surface area contributed by atoms with Crippen LogP contribution >= 0.6 is 0 Å². The third kappa shape index (κ3) is 6.14. The van der Waals surface area contributed by atoms with Gasteiger partial charge >= 0.3 is 0 Å². The number of piperidine rings is 1. The summed E-state index contributed by atoms with van der Waals surface area (Å²) >= 11 is 0. The van der Waals surface area contributed by atoms with Crippen LogP contribution in [0.3, 0.4) is 0 Å². The first kappa shape index (κ1) is 21.0. The third-order valence-electron chi connectivity index (χ3n) is 5.97. The van der Waals surface area contributed by atoms with Crippen molar-refractivity contribution in [2.75, 3.05) is 63.1 Å². The fraction of sp³-hybridized carbons (Fsp3) is 0.565. The Balaban J connectivity index is 1.23. The third-order valence-corrected chi connectivity index (χ3v) is 5.97. The zero-order chi connectivity index (χ0) is 20.6. The van der Waals surface area contributed by atoms with Crippen molar-refractivity contribution in [3.63, 3.8) is 0 Å². The number of hydrogen-bond acceptors (Lipinski definition) is 7. The number of morpholine rings is 1. The first-order chi connectivity index (χ1) is 14.8. The summed E-state index contributed by atoms with van der Waals surface area (Å²) in [7, 11) is 0. The van der Waals surface area contributed by atoms with E-state index < -0.39 is 0 Å². The molecule has 0 bridgehead atoms. The van der Waals surface area contributed by atoms with Gasteiger partial charge in [-0.05, 0) is 25.3 Å². The molecule has 30 heavy (non-hydrogen) atoms. The van der Waals surface area contributed by atoms with Crippen molar-refractivity contribution in [3.8, 4) is 0 Å². The number of ether oxygens (including phenoxy) is 1. The van der Waals surface area contributed by atoms with Gasteiger partial charge in [-0.15, -0.1) is 0 Å². The van der Waals surface area contributed by atoms with Crippen molar-refractivity contribution in [1.82, 2.24) is 19.8 Å². The van der Waals surface area contributed by atoms with Crippen molar-refractivity contribution in [2.24, 2.45) is 0 Å². The van der Waals surface area contributed by atoms with Crippen LogP contribution in [0.5, 0.6) is 0 Å². The Morgan fingerprint density at radius 2 is 1.80 bits per heavy atom. The Bertz CT molecular complexity index is 773. The number of likely N-dealkylation sites (tertiary alicyclic amines) is 1. The second-order valence-electron chi connectivity index (χ2n) is 8.29. The Kier molecular flexibility index (Phi) is 7.50. The van der Waals surface area contributed by atoms with Crippen LogP contribution < -0.4 is 10.6 Å². The lowest BCUT2D eigenvalue weighted by atomic mass is 10.0. The highest BCUT2D eigenvalue weighted by Gasteiger charge is 2.20. The molecule has 0 atom stereocenters. The van der Waals surface area contributed by atoms with Gasteiger partial charge in [-0.25, -0.2) is 4.98 Å². The van der Waals surface area contributed by atoms with Crippen molar-refractivity contribution >= 4 is 11.8 Å². The van der Waals surface area contributed by atoms with Crippen LogP contribution in [-0.2, 0) is 11.3 Å². The lowest BCUT2D eigenvalue weighted by Gasteiger charge is -2.32. The molecule has 2 saturated heterocycles. The van der Waals surface area contributed by atoms with Crippen LogP contribution in [0.4, 0.5) is 11.8 Å². The summed E-state index contributed by atoms with van der Waals surface area (Å²) in [4.78, 5) is 14.2. The molecule has 2 aliphatic heterocycles. The molecule has 7 nitrogen and oxygen atoms in total. The van der Waals surface area contributed by atoms with Crippen LogP contribution in [0.2, 0.25) is 0 Å². The van der Waals surface area contributed by atoms with Crippen molar-refractivity contribution in [3.05, 3.63) is 47.7 Å². The standard InChI is InChI=1S/C23H34N6O/c1-19-17-25-23(27-22(19)24-9-12-28-13-15-30-16-14-28)26-21-7-10-29(11-8-21)18-20-5-3-2-4-6-20/h2-6,17,21H,7-16,18H2,1H3,(H2,24,25,26,27). The van der Waals surface area contributed by atoms with E-state index >= 15 is 0 Å². The second-order valence-corrected chi connectivity index (χ2v) is 8.29. The Morgan fingerprint density at radius 1 is 1.03 bits per heavy atom. The molecule has 3 heterocycles. The van der Waals surface area contributed by atoms with Crippen LogP contribution in [0, 0.1) is 6.92 Å². The normalized spacial score (nSPS) is 19.0. The van der Waals surface area contributed by atoms with Crippen molar-refractivity contribution < 1.29 is 4.74 Å². The summed E-state index contributed by atoms with van der Waals surface area (Å²) in [5.74, 6) is 1.67. The molecule has 162 valence electrons. The van der Waals surface area contributed by atoms with Gasteiger partial charge in [0.15, 0.2) is 0 Å². The van der Waals surface area contributed by atoms with Gasteiger partial charge < -0.3 is 15.4 Å². The molecule has 2 aliphatic rings. The molecule has 0 saturated carbocycles. The van der Waals surface area contributed by atoms with Gasteiger partial charge in [0.1, 0.15) is 5.82 Å². The highest BCUT2D eigenvalue weighted by Crippen LogP contribution is 2.18. The van der Waals surface area contributed by atoms with Gasteiger partial charge in [-0.1, -0.05) is 30.3 Å². The molecule has 2 aromatic rings. The van der Waals surface area contributed by atoms with E-state index in [1.165, 1.54) is 5.56 Å². The molecule has 1 aromatic carbocycles. The van der Waals surface area contributed by atoms with E-state index in [1.807, 2.05) is 6.20 Å². The summed E-state index contributed by atoms with van der Waals surface area (Å²) in [6, 6.07) is 11.2. The van der Waals surface area contributed by atoms with Gasteiger partial charge in [0.25, 0.3) is 0 Å². The van der Waals surface area contributed by atoms with E-state index in [0.29, 0.717) is 6.04 Å². The maximum absolute atomic E-state index is 5.41. The minimum absolute atomic E-state index is 0.431. The van der Waals surface area contributed by atoms with Crippen LogP contribution in [0.1, 0.15) is 24.0 Å². The zero-order valence-corrected chi connectivity index (χ0v) is 18.0. The Hall–Kier alpha value is -2.22. The molecular weight excluding hydrogens is 376 g/mol. The fourth-order valence-corrected chi connectivity index (χ4v) is 4.11. The highest BCUT2D eigenvalue weighted by molar-refractivity contribution is 5.46. The summed E-state index contributed by atoms with van der Waals surface area (Å²) in [6.45, 7) is 10.9. The lowest BCUT2D eigenvalue weighted by Crippen LogP contribution is -2.39. The molecule has 0 radical (unpaired) electrons. The number of benzene rings is 1. The van der Waals surface area contributed by atoms with E-state index in [-0.39, 0.29) is 0 Å². The monoisotopic (exact) mass is 410 g/mol. The average Bonchev–Trinajstić information content (AvgIpc) is 2.79. The van der Waals surface area contributed by atoms with Crippen molar-refractivity contribution in [2.45, 2.75) is 32.4 Å². The number of aromatic nitrogens is 2. The number of nitrogens with zero attached hydrogens (tertiary/aromatic N) is 4. The van der Waals surface area contributed by atoms with Gasteiger partial charge in [0.2, 0.25) is 5.95 Å². The van der Waals surface area contributed by atoms with Gasteiger partial charge in [-0.3, -0.25) is 9.80 Å². The second kappa shape index (κ2) is 10.7. The summed E-state index contributed by atoms with van der Waals surface area (Å²) in [5, 5.41) is 7.05. The Morgan fingerprint density at radius 3 is 2.57 bits per heavy atom. The Labute approximate surface area is 179 Å². The molecule has 0 amide bonds. The number of rotatable bonds is 8. The zero-order valence-electron chi connectivity index (χ0n) is 18.0. The van der Waals surface area contributed by atoms with Crippen LogP contribution in [0.25, 0.3) is 0 Å². The highest BCUT2D eigenvalue weighted by atomic mass is 16.5. The minimum atomic E-state index is 0.431. The van der Waals surface area contributed by atoms with Gasteiger partial charge in [0, 0.05) is 63.6 Å². The molecule has 0 aliphatic carbocycles. The van der Waals surface area contributed by atoms with Gasteiger partial charge in [-0.2, -0.15) is 4.98 Å². The molecule has 2 N–H and O–H groups in total. The quantitative estimate of drug-likeness (QED) is 0.693. The lowest BCUT2D eigenvalue weighted by molar-refractivity contribution is 0.0398. The van der Waals surface area contributed by atoms with E-state index in [1.54, 1.807) is 0 Å². The SMILES string of the molecule is Cc1cnc(NC2CCN(Cc3ccccc3)CC2)nc1NCCN1CCOCC1. The topological polar surface area (TPSA) is 65.6 Å². The maximum Gasteiger partial charge on any atom is 0.224 e. The van der Waals surface area contributed by atoms with Crippen LogP contribution in [0.15, 0.2) is 36.5 Å². The number of hydrogen-bond donors (Lipinski definition) is 2. The van der Waals surface area contributed by atoms with Crippen LogP contribution in [-0.4, -0.2) is 78.3 Å². The molecule has 7 heteroatoms. The van der Waals surface area contributed by atoms with E-state index in [2.05, 4.69) is 62.7 Å². The maximum atomic E-state index is 5.41. The molecule has 4 rings (SSSR count). The minimum Gasteiger partial charge on any atom is -0.379 e. The predicted octanol–water partition coefficient (Wildman–Crippen LogP) is 2.61. The summed E-state index contributed by atoms with van der Waals surface area (Å²) in [5.41, 5.74) is 2.47. The summed E-state index contributed by atoms with van der Waals surface area (Å²) in [6.07, 6.45) is 4.14. The fourth-order valence-electron chi connectivity index (χ4n) is 4.11. The first-order valence-corrected chi connectivity index (χ1v) is 11.2. The van der Waals surface area contributed by atoms with E-state index in [0.717, 1.165) is 89.2 Å². The average molecular weight is 411 g/mol. The molecule has 1 aromatic heterocycles. The van der Waals surface area contributed by atoms with E-state index in [4.69, 9.17) is 9.72 Å². The van der Waals surface area contributed by atoms with Crippen molar-refractivity contribution in [1.29, 1.82) is 0 Å². The first-order valence-electron chi connectivity index (χ1n) is 11.2. The predicted molar refractivity (Wildman–Crippen MR) is 121 cm³/mol. The summed E-state index contributed by atoms with van der Waals surface area (Å²) < 4.78 is 5.41. The smallest absolute Gasteiger partial charge is 0.224 e. The molecular formula is C23H34N6O. The number of nitrogens with one attached hydrogen (secondary N) is 2. The molecule has 0 unspecified atom stereocenters. The number of anilines is 2. The molecule has 2 fully saturated rings. The number of aryl methyl sites for hydroxylation is 1.